The van der Waals surface area contributed by atoms with E-state index in [4.69, 9.17) is 10.4 Å². The monoisotopic (exact) mass is 370 g/mol. The van der Waals surface area contributed by atoms with Gasteiger partial charge in [0.05, 0.1) is 17.5 Å². The first kappa shape index (κ1) is 18.0. The van der Waals surface area contributed by atoms with E-state index < -0.39 is 0 Å². The molecule has 1 aromatic heterocycles. The fraction of sp³-hybridized carbons (Fsp3) is 0.261. The number of carbonyl (C=O) groups excluding carboxylic acids is 1. The van der Waals surface area contributed by atoms with Gasteiger partial charge in [-0.1, -0.05) is 48.5 Å². The molecule has 5 nitrogen and oxygen atoms in total. The third-order valence-electron chi connectivity index (χ3n) is 5.03. The summed E-state index contributed by atoms with van der Waals surface area (Å²) in [6.45, 7) is 0. The molecule has 1 N–H and O–H groups in total. The van der Waals surface area contributed by atoms with Crippen molar-refractivity contribution in [3.63, 3.8) is 0 Å². The fourth-order valence-corrected chi connectivity index (χ4v) is 3.39. The van der Waals surface area contributed by atoms with Crippen LogP contribution in [0.2, 0.25) is 0 Å². The van der Waals surface area contributed by atoms with Gasteiger partial charge >= 0.3 is 0 Å². The van der Waals surface area contributed by atoms with Gasteiger partial charge in [0.15, 0.2) is 0 Å². The molecule has 0 saturated heterocycles. The van der Waals surface area contributed by atoms with Gasteiger partial charge in [0.2, 0.25) is 5.91 Å². The molecule has 1 fully saturated rings. The lowest BCUT2D eigenvalue weighted by molar-refractivity contribution is -0.116. The highest BCUT2D eigenvalue weighted by atomic mass is 16.1. The molecule has 4 rings (SSSR count). The predicted octanol–water partition coefficient (Wildman–Crippen LogP) is 4.78. The number of para-hydroxylation sites is 1. The molecule has 0 bridgehead atoms. The molecule has 5 heteroatoms. The molecule has 3 aromatic rings. The van der Waals surface area contributed by atoms with Crippen molar-refractivity contribution in [1.82, 2.24) is 9.78 Å². The Bertz CT molecular complexity index is 984. The van der Waals surface area contributed by atoms with Gasteiger partial charge in [-0.3, -0.25) is 4.79 Å². The minimum atomic E-state index is -0.123. The second kappa shape index (κ2) is 8.10. The van der Waals surface area contributed by atoms with E-state index in [0.29, 0.717) is 18.2 Å². The zero-order chi connectivity index (χ0) is 19.3. The summed E-state index contributed by atoms with van der Waals surface area (Å²) in [5, 5.41) is 16.9. The van der Waals surface area contributed by atoms with Crippen LogP contribution < -0.4 is 5.32 Å². The Labute approximate surface area is 164 Å². The van der Waals surface area contributed by atoms with E-state index in [-0.39, 0.29) is 18.2 Å². The van der Waals surface area contributed by atoms with Gasteiger partial charge < -0.3 is 5.32 Å². The van der Waals surface area contributed by atoms with Gasteiger partial charge in [0.1, 0.15) is 5.82 Å². The summed E-state index contributed by atoms with van der Waals surface area (Å²) < 4.78 is 1.80. The zero-order valence-corrected chi connectivity index (χ0v) is 15.6. The minimum Gasteiger partial charge on any atom is -0.311 e. The molecule has 140 valence electrons. The summed E-state index contributed by atoms with van der Waals surface area (Å²) in [6.07, 6.45) is 2.87. The van der Waals surface area contributed by atoms with E-state index in [2.05, 4.69) is 11.4 Å². The maximum absolute atomic E-state index is 12.8. The van der Waals surface area contributed by atoms with Gasteiger partial charge in [0, 0.05) is 30.7 Å². The normalized spacial score (nSPS) is 14.2. The lowest BCUT2D eigenvalue weighted by Crippen LogP contribution is -2.18. The van der Waals surface area contributed by atoms with Crippen molar-refractivity contribution in [2.45, 2.75) is 37.5 Å². The molecule has 0 aliphatic heterocycles. The van der Waals surface area contributed by atoms with Gasteiger partial charge in [-0.2, -0.15) is 10.4 Å². The number of nitrogens with one attached hydrogen (secondary N) is 1. The Morgan fingerprint density at radius 1 is 1.14 bits per heavy atom. The number of anilines is 1. The van der Waals surface area contributed by atoms with E-state index >= 15 is 0 Å². The molecule has 0 radical (unpaired) electrons. The lowest BCUT2D eigenvalue weighted by atomic mass is 9.93. The number of rotatable bonds is 7. The van der Waals surface area contributed by atoms with Crippen molar-refractivity contribution in [3.05, 3.63) is 78.0 Å². The van der Waals surface area contributed by atoms with Crippen molar-refractivity contribution in [1.29, 1.82) is 5.26 Å². The molecule has 0 spiro atoms. The first-order valence-electron chi connectivity index (χ1n) is 9.61. The van der Waals surface area contributed by atoms with Gasteiger partial charge in [-0.05, 0) is 30.5 Å². The molecule has 1 saturated carbocycles. The predicted molar refractivity (Wildman–Crippen MR) is 108 cm³/mol. The second-order valence-electron chi connectivity index (χ2n) is 7.20. The van der Waals surface area contributed by atoms with Crippen molar-refractivity contribution in [2.24, 2.45) is 0 Å². The van der Waals surface area contributed by atoms with Crippen LogP contribution in [-0.2, 0) is 4.79 Å². The van der Waals surface area contributed by atoms with Crippen molar-refractivity contribution in [2.75, 3.05) is 5.32 Å². The highest BCUT2D eigenvalue weighted by Gasteiger charge is 2.28. The van der Waals surface area contributed by atoms with E-state index in [9.17, 15) is 4.79 Å². The Balaban J connectivity index is 1.54. The third kappa shape index (κ3) is 4.12. The van der Waals surface area contributed by atoms with Crippen LogP contribution >= 0.6 is 0 Å². The van der Waals surface area contributed by atoms with Gasteiger partial charge in [-0.25, -0.2) is 4.68 Å². The molecule has 2 aromatic carbocycles. The highest BCUT2D eigenvalue weighted by Crippen LogP contribution is 2.40. The second-order valence-corrected chi connectivity index (χ2v) is 7.20. The smallest absolute Gasteiger partial charge is 0.226 e. The number of nitrogens with zero attached hydrogens (tertiary/aromatic N) is 3. The summed E-state index contributed by atoms with van der Waals surface area (Å²) in [7, 11) is 0. The maximum atomic E-state index is 12.8. The molecule has 1 heterocycles. The summed E-state index contributed by atoms with van der Waals surface area (Å²) in [5.41, 5.74) is 2.95. The van der Waals surface area contributed by atoms with Crippen molar-refractivity contribution >= 4 is 11.7 Å². The molecule has 1 aliphatic rings. The van der Waals surface area contributed by atoms with E-state index in [1.165, 1.54) is 0 Å². The number of hydrogen-bond acceptors (Lipinski definition) is 3. The Hall–Kier alpha value is -3.39. The van der Waals surface area contributed by atoms with E-state index in [0.717, 1.165) is 29.8 Å². The number of benzene rings is 2. The average molecular weight is 370 g/mol. The Kier molecular flexibility index (Phi) is 5.20. The number of amides is 1. The summed E-state index contributed by atoms with van der Waals surface area (Å²) in [6, 6.07) is 23.7. The summed E-state index contributed by atoms with van der Waals surface area (Å²) in [4.78, 5) is 12.8. The SMILES string of the molecule is N#CCC(CC(=O)Nc1cc(C2CC2)nn1-c1ccccc1)c1ccccc1. The lowest BCUT2D eigenvalue weighted by Gasteiger charge is -2.14. The highest BCUT2D eigenvalue weighted by molar-refractivity contribution is 5.90. The van der Waals surface area contributed by atoms with Crippen LogP contribution in [0.4, 0.5) is 5.82 Å². The topological polar surface area (TPSA) is 70.7 Å². The molecular formula is C23H22N4O. The molecule has 1 amide bonds. The Morgan fingerprint density at radius 2 is 1.82 bits per heavy atom. The number of hydrogen-bond donors (Lipinski definition) is 1. The standard InChI is InChI=1S/C23H22N4O/c24-14-13-19(17-7-3-1-4-8-17)15-23(28)25-22-16-21(18-11-12-18)26-27(22)20-9-5-2-6-10-20/h1-10,16,18-19H,11-13,15H2,(H,25,28). The fourth-order valence-electron chi connectivity index (χ4n) is 3.39. The van der Waals surface area contributed by atoms with Crippen molar-refractivity contribution < 1.29 is 4.79 Å². The number of nitriles is 1. The van der Waals surface area contributed by atoms with Crippen LogP contribution in [0.25, 0.3) is 5.69 Å². The number of carbonyl (C=O) groups is 1. The van der Waals surface area contributed by atoms with Crippen LogP contribution in [0.5, 0.6) is 0 Å². The molecule has 28 heavy (non-hydrogen) atoms. The molecule has 1 atom stereocenters. The van der Waals surface area contributed by atoms with Gasteiger partial charge in [-0.15, -0.1) is 0 Å². The first-order valence-corrected chi connectivity index (χ1v) is 9.61. The Morgan fingerprint density at radius 3 is 2.46 bits per heavy atom. The van der Waals surface area contributed by atoms with Gasteiger partial charge in [0.25, 0.3) is 0 Å². The van der Waals surface area contributed by atoms with E-state index in [1.807, 2.05) is 66.7 Å². The summed E-state index contributed by atoms with van der Waals surface area (Å²) >= 11 is 0. The van der Waals surface area contributed by atoms with Crippen LogP contribution in [0.3, 0.4) is 0 Å². The van der Waals surface area contributed by atoms with Crippen LogP contribution in [0.15, 0.2) is 66.7 Å². The first-order chi connectivity index (χ1) is 13.7. The largest absolute Gasteiger partial charge is 0.311 e. The third-order valence-corrected chi connectivity index (χ3v) is 5.03. The minimum absolute atomic E-state index is 0.108. The summed E-state index contributed by atoms with van der Waals surface area (Å²) in [5.74, 6) is 0.948. The van der Waals surface area contributed by atoms with Crippen molar-refractivity contribution in [3.8, 4) is 11.8 Å². The number of aromatic nitrogens is 2. The van der Waals surface area contributed by atoms with Crippen LogP contribution in [0.1, 0.15) is 48.8 Å². The molecular weight excluding hydrogens is 348 g/mol. The quantitative estimate of drug-likeness (QED) is 0.651. The maximum Gasteiger partial charge on any atom is 0.226 e. The van der Waals surface area contributed by atoms with E-state index in [1.54, 1.807) is 4.68 Å². The van der Waals surface area contributed by atoms with Crippen LogP contribution in [-0.4, -0.2) is 15.7 Å². The molecule has 1 aliphatic carbocycles. The average Bonchev–Trinajstić information content (AvgIpc) is 3.50. The van der Waals surface area contributed by atoms with Crippen LogP contribution in [0, 0.1) is 11.3 Å². The molecule has 1 unspecified atom stereocenters. The zero-order valence-electron chi connectivity index (χ0n) is 15.6.